The molecule has 3 saturated heterocycles. The van der Waals surface area contributed by atoms with Crippen LogP contribution in [0.3, 0.4) is 0 Å². The lowest BCUT2D eigenvalue weighted by molar-refractivity contribution is -0.0340. The number of likely N-dealkylation sites (tertiary alicyclic amines) is 2. The molecule has 0 saturated carbocycles. The Labute approximate surface area is 199 Å². The number of nitrogen functional groups attached to an aromatic ring is 1. The van der Waals surface area contributed by atoms with Crippen LogP contribution in [0.1, 0.15) is 50.3 Å². The van der Waals surface area contributed by atoms with Gasteiger partial charge >= 0.3 is 0 Å². The molecule has 3 aliphatic heterocycles. The number of anilines is 1. The maximum atomic E-state index is 13.2. The third-order valence-electron chi connectivity index (χ3n) is 8.21. The third-order valence-corrected chi connectivity index (χ3v) is 8.21. The van der Waals surface area contributed by atoms with Crippen LogP contribution in [0.4, 0.5) is 10.2 Å². The highest BCUT2D eigenvalue weighted by atomic mass is 19.1. The highest BCUT2D eigenvalue weighted by molar-refractivity contribution is 5.86. The Morgan fingerprint density at radius 3 is 2.68 bits per heavy atom. The summed E-state index contributed by atoms with van der Waals surface area (Å²) in [5.41, 5.74) is 8.36. The van der Waals surface area contributed by atoms with E-state index in [1.807, 2.05) is 24.4 Å². The second-order valence-electron chi connectivity index (χ2n) is 10.2. The summed E-state index contributed by atoms with van der Waals surface area (Å²) in [5, 5.41) is 0.889. The number of benzene rings is 1. The zero-order valence-electron chi connectivity index (χ0n) is 19.6. The molecule has 7 nitrogen and oxygen atoms in total. The first-order valence-electron chi connectivity index (χ1n) is 12.5. The highest BCUT2D eigenvalue weighted by Crippen LogP contribution is 2.40. The fourth-order valence-corrected chi connectivity index (χ4v) is 6.32. The summed E-state index contributed by atoms with van der Waals surface area (Å²) in [6.07, 6.45) is 10.8. The van der Waals surface area contributed by atoms with Gasteiger partial charge in [0.25, 0.3) is 0 Å². The molecule has 0 radical (unpaired) electrons. The molecule has 0 aliphatic carbocycles. The van der Waals surface area contributed by atoms with Gasteiger partial charge in [0.1, 0.15) is 29.8 Å². The Bertz CT molecular complexity index is 1140. The van der Waals surface area contributed by atoms with Crippen LogP contribution < -0.4 is 5.73 Å². The zero-order chi connectivity index (χ0) is 23.1. The molecule has 3 aromatic rings. The summed E-state index contributed by atoms with van der Waals surface area (Å²) >= 11 is 0. The summed E-state index contributed by atoms with van der Waals surface area (Å²) in [7, 11) is 0. The summed E-state index contributed by atoms with van der Waals surface area (Å²) < 4.78 is 21.9. The largest absolute Gasteiger partial charge is 0.383 e. The molecule has 1 aromatic carbocycles. The van der Waals surface area contributed by atoms with E-state index in [1.54, 1.807) is 12.1 Å². The van der Waals surface area contributed by atoms with Crippen molar-refractivity contribution in [2.75, 3.05) is 31.9 Å². The van der Waals surface area contributed by atoms with Crippen molar-refractivity contribution in [3.05, 3.63) is 54.2 Å². The number of hydrogen-bond acceptors (Lipinski definition) is 6. The van der Waals surface area contributed by atoms with Gasteiger partial charge in [-0.25, -0.2) is 14.4 Å². The van der Waals surface area contributed by atoms with Crippen molar-refractivity contribution in [2.24, 2.45) is 0 Å². The number of nitrogens with two attached hydrogens (primary N) is 1. The molecule has 3 aliphatic rings. The molecule has 6 rings (SSSR count). The molecule has 8 heteroatoms. The van der Waals surface area contributed by atoms with E-state index in [1.165, 1.54) is 44.1 Å². The van der Waals surface area contributed by atoms with Gasteiger partial charge in [-0.05, 0) is 68.8 Å². The number of aromatic nitrogens is 3. The minimum Gasteiger partial charge on any atom is -0.383 e. The minimum atomic E-state index is -0.165. The van der Waals surface area contributed by atoms with Crippen LogP contribution in [-0.4, -0.2) is 62.2 Å². The Morgan fingerprint density at radius 1 is 1.03 bits per heavy atom. The molecule has 2 aromatic heterocycles. The van der Waals surface area contributed by atoms with Crippen molar-refractivity contribution < 1.29 is 9.13 Å². The lowest BCUT2D eigenvalue weighted by Crippen LogP contribution is -2.53. The van der Waals surface area contributed by atoms with Gasteiger partial charge in [0.15, 0.2) is 0 Å². The van der Waals surface area contributed by atoms with Gasteiger partial charge < -0.3 is 15.0 Å². The van der Waals surface area contributed by atoms with E-state index in [4.69, 9.17) is 10.5 Å². The molecule has 5 heterocycles. The van der Waals surface area contributed by atoms with Crippen LogP contribution in [0, 0.1) is 5.82 Å². The quantitative estimate of drug-likeness (QED) is 0.616. The maximum absolute atomic E-state index is 13.2. The van der Waals surface area contributed by atoms with Gasteiger partial charge in [0.2, 0.25) is 0 Å². The Balaban J connectivity index is 1.07. The normalized spacial score (nSPS) is 25.6. The number of halogens is 1. The van der Waals surface area contributed by atoms with E-state index in [2.05, 4.69) is 24.3 Å². The predicted octanol–water partition coefficient (Wildman–Crippen LogP) is 3.96. The second-order valence-corrected chi connectivity index (χ2v) is 10.2. The van der Waals surface area contributed by atoms with E-state index in [0.717, 1.165) is 50.1 Å². The lowest BCUT2D eigenvalue weighted by Gasteiger charge is -2.46. The van der Waals surface area contributed by atoms with Gasteiger partial charge in [-0.3, -0.25) is 9.80 Å². The number of fused-ring (bicyclic) bond motifs is 1. The first-order chi connectivity index (χ1) is 16.6. The monoisotopic (exact) mass is 464 g/mol. The molecule has 180 valence electrons. The van der Waals surface area contributed by atoms with Crippen LogP contribution in [-0.2, 0) is 11.3 Å². The van der Waals surface area contributed by atoms with Crippen molar-refractivity contribution >= 4 is 16.9 Å². The van der Waals surface area contributed by atoms with Crippen molar-refractivity contribution in [1.82, 2.24) is 24.3 Å². The molecule has 3 fully saturated rings. The van der Waals surface area contributed by atoms with E-state index in [9.17, 15) is 4.39 Å². The van der Waals surface area contributed by atoms with Crippen molar-refractivity contribution in [3.8, 4) is 0 Å². The number of rotatable bonds is 5. The maximum Gasteiger partial charge on any atom is 0.147 e. The minimum absolute atomic E-state index is 0.00732. The second kappa shape index (κ2) is 8.91. The Kier molecular flexibility index (Phi) is 5.75. The first-order valence-corrected chi connectivity index (χ1v) is 12.5. The number of nitrogens with zero attached hydrogens (tertiary/aromatic N) is 5. The molecule has 0 bridgehead atoms. The molecular weight excluding hydrogens is 431 g/mol. The van der Waals surface area contributed by atoms with Crippen LogP contribution in [0.15, 0.2) is 42.9 Å². The van der Waals surface area contributed by atoms with Crippen LogP contribution in [0.2, 0.25) is 0 Å². The van der Waals surface area contributed by atoms with E-state index in [-0.39, 0.29) is 18.1 Å². The van der Waals surface area contributed by atoms with Gasteiger partial charge in [0.05, 0.1) is 11.5 Å². The SMILES string of the molecule is Nc1ncnc2c1ccn2C1CCC(CN2CCCC23CCN(Cc2ccc(F)cc2)CC3)O1. The summed E-state index contributed by atoms with van der Waals surface area (Å²) in [5.74, 6) is 0.352. The molecule has 1 spiro atoms. The van der Waals surface area contributed by atoms with E-state index in [0.29, 0.717) is 11.4 Å². The van der Waals surface area contributed by atoms with Crippen molar-refractivity contribution in [1.29, 1.82) is 0 Å². The van der Waals surface area contributed by atoms with Crippen LogP contribution in [0.25, 0.3) is 11.0 Å². The Hall–Kier alpha value is -2.55. The van der Waals surface area contributed by atoms with Gasteiger partial charge in [0, 0.05) is 37.9 Å². The molecule has 2 unspecified atom stereocenters. The van der Waals surface area contributed by atoms with Gasteiger partial charge in [-0.15, -0.1) is 0 Å². The van der Waals surface area contributed by atoms with Crippen molar-refractivity contribution in [2.45, 2.75) is 62.9 Å². The molecule has 2 N–H and O–H groups in total. The molecule has 2 atom stereocenters. The smallest absolute Gasteiger partial charge is 0.147 e. The fourth-order valence-electron chi connectivity index (χ4n) is 6.32. The number of piperidine rings is 1. The lowest BCUT2D eigenvalue weighted by atomic mass is 9.84. The molecule has 0 amide bonds. The van der Waals surface area contributed by atoms with Gasteiger partial charge in [-0.2, -0.15) is 0 Å². The molecular formula is C26H33FN6O. The summed E-state index contributed by atoms with van der Waals surface area (Å²) in [6.45, 7) is 5.27. The predicted molar refractivity (Wildman–Crippen MR) is 130 cm³/mol. The fraction of sp³-hybridized carbons (Fsp3) is 0.538. The highest BCUT2D eigenvalue weighted by Gasteiger charge is 2.44. The topological polar surface area (TPSA) is 72.4 Å². The number of ether oxygens (including phenoxy) is 1. The summed E-state index contributed by atoms with van der Waals surface area (Å²) in [6, 6.07) is 8.92. The molecule has 34 heavy (non-hydrogen) atoms. The van der Waals surface area contributed by atoms with Crippen LogP contribution >= 0.6 is 0 Å². The van der Waals surface area contributed by atoms with E-state index >= 15 is 0 Å². The van der Waals surface area contributed by atoms with E-state index < -0.39 is 0 Å². The standard InChI is InChI=1S/C26H33FN6O/c27-20-4-2-19(3-5-20)16-31-14-10-26(11-15-31)9-1-12-32(26)17-21-6-7-23(34-21)33-13-8-22-24(28)29-18-30-25(22)33/h2-5,8,13,18,21,23H,1,6-7,9-12,14-17H2,(H2,28,29,30). The third kappa shape index (κ3) is 4.08. The first kappa shape index (κ1) is 21.9. The van der Waals surface area contributed by atoms with Crippen LogP contribution in [0.5, 0.6) is 0 Å². The average molecular weight is 465 g/mol. The number of hydrogen-bond donors (Lipinski definition) is 1. The summed E-state index contributed by atoms with van der Waals surface area (Å²) in [4.78, 5) is 13.8. The van der Waals surface area contributed by atoms with Crippen molar-refractivity contribution in [3.63, 3.8) is 0 Å². The average Bonchev–Trinajstić information content (AvgIpc) is 3.57. The zero-order valence-corrected chi connectivity index (χ0v) is 19.6. The van der Waals surface area contributed by atoms with Gasteiger partial charge in [-0.1, -0.05) is 12.1 Å². The Morgan fingerprint density at radius 2 is 1.85 bits per heavy atom.